The van der Waals surface area contributed by atoms with Crippen LogP contribution in [-0.2, 0) is 9.59 Å². The second-order valence-electron chi connectivity index (χ2n) is 5.99. The largest absolute Gasteiger partial charge is 0.369 e. The lowest BCUT2D eigenvalue weighted by Gasteiger charge is -2.26. The Hall–Kier alpha value is -3.06. The van der Waals surface area contributed by atoms with Gasteiger partial charge >= 0.3 is 0 Å². The number of primary amides is 1. The SMILES string of the molecule is CC1=C(C(=O)Nc2ccccc2)[C@@H](c2ccccc2)N=C(SCC(N)=O)N1. The van der Waals surface area contributed by atoms with Gasteiger partial charge in [0.05, 0.1) is 11.3 Å². The zero-order valence-corrected chi connectivity index (χ0v) is 15.6. The molecule has 2 amide bonds. The van der Waals surface area contributed by atoms with Crippen LogP contribution >= 0.6 is 11.8 Å². The van der Waals surface area contributed by atoms with Gasteiger partial charge in [-0.2, -0.15) is 0 Å². The second-order valence-corrected chi connectivity index (χ2v) is 6.95. The van der Waals surface area contributed by atoms with E-state index in [0.717, 1.165) is 5.56 Å². The van der Waals surface area contributed by atoms with Gasteiger partial charge in [-0.3, -0.25) is 9.59 Å². The molecule has 3 rings (SSSR count). The Morgan fingerprint density at radius 1 is 1.11 bits per heavy atom. The molecule has 0 fully saturated rings. The van der Waals surface area contributed by atoms with Gasteiger partial charge in [-0.15, -0.1) is 0 Å². The molecule has 1 aliphatic rings. The van der Waals surface area contributed by atoms with Crippen LogP contribution in [0.5, 0.6) is 0 Å². The summed E-state index contributed by atoms with van der Waals surface area (Å²) in [6.07, 6.45) is 0. The molecule has 1 aliphatic heterocycles. The fraction of sp³-hybridized carbons (Fsp3) is 0.150. The average molecular weight is 380 g/mol. The van der Waals surface area contributed by atoms with Crippen LogP contribution in [-0.4, -0.2) is 22.7 Å². The van der Waals surface area contributed by atoms with E-state index >= 15 is 0 Å². The molecule has 0 spiro atoms. The van der Waals surface area contributed by atoms with Crippen LogP contribution < -0.4 is 16.4 Å². The van der Waals surface area contributed by atoms with E-state index in [4.69, 9.17) is 5.73 Å². The summed E-state index contributed by atoms with van der Waals surface area (Å²) >= 11 is 1.22. The first-order valence-corrected chi connectivity index (χ1v) is 9.41. The fourth-order valence-corrected chi connectivity index (χ4v) is 3.43. The zero-order valence-electron chi connectivity index (χ0n) is 14.8. The predicted molar refractivity (Wildman–Crippen MR) is 109 cm³/mol. The Morgan fingerprint density at radius 2 is 1.74 bits per heavy atom. The van der Waals surface area contributed by atoms with Gasteiger partial charge in [-0.05, 0) is 24.6 Å². The number of aliphatic imine (C=N–C) groups is 1. The molecule has 0 unspecified atom stereocenters. The summed E-state index contributed by atoms with van der Waals surface area (Å²) < 4.78 is 0. The number of amidine groups is 1. The quantitative estimate of drug-likeness (QED) is 0.743. The van der Waals surface area contributed by atoms with Crippen molar-refractivity contribution in [3.05, 3.63) is 77.5 Å². The van der Waals surface area contributed by atoms with Crippen LogP contribution in [0, 0.1) is 0 Å². The minimum Gasteiger partial charge on any atom is -0.369 e. The maximum Gasteiger partial charge on any atom is 0.255 e. The van der Waals surface area contributed by atoms with E-state index in [-0.39, 0.29) is 11.7 Å². The topological polar surface area (TPSA) is 96.6 Å². The standard InChI is InChI=1S/C20H20N4O2S/c1-13-17(19(26)23-15-10-6-3-7-11-15)18(14-8-4-2-5-9-14)24-20(22-13)27-12-16(21)25/h2-11,18H,12H2,1H3,(H2,21,25)(H,22,24)(H,23,26)/t18-/m1/s1. The van der Waals surface area contributed by atoms with Crippen molar-refractivity contribution in [1.82, 2.24) is 5.32 Å². The van der Waals surface area contributed by atoms with Crippen LogP contribution in [0.4, 0.5) is 5.69 Å². The minimum atomic E-state index is -0.466. The number of thioether (sulfide) groups is 1. The maximum atomic E-state index is 13.0. The predicted octanol–water partition coefficient (Wildman–Crippen LogP) is 2.82. The lowest BCUT2D eigenvalue weighted by Crippen LogP contribution is -2.32. The maximum absolute atomic E-state index is 13.0. The monoisotopic (exact) mass is 380 g/mol. The van der Waals surface area contributed by atoms with Crippen LogP contribution in [0.3, 0.4) is 0 Å². The summed E-state index contributed by atoms with van der Waals surface area (Å²) in [7, 11) is 0. The Bertz CT molecular complexity index is 895. The van der Waals surface area contributed by atoms with Gasteiger partial charge in [0.25, 0.3) is 5.91 Å². The fourth-order valence-electron chi connectivity index (χ4n) is 2.75. The Morgan fingerprint density at radius 3 is 2.37 bits per heavy atom. The molecule has 0 aromatic heterocycles. The number of nitrogens with zero attached hydrogens (tertiary/aromatic N) is 1. The van der Waals surface area contributed by atoms with E-state index < -0.39 is 11.9 Å². The lowest BCUT2D eigenvalue weighted by atomic mass is 9.96. The van der Waals surface area contributed by atoms with Crippen molar-refractivity contribution in [2.24, 2.45) is 10.7 Å². The first-order valence-electron chi connectivity index (χ1n) is 8.42. The van der Waals surface area contributed by atoms with Crippen molar-refractivity contribution >= 4 is 34.4 Å². The highest BCUT2D eigenvalue weighted by molar-refractivity contribution is 8.14. The molecular formula is C20H20N4O2S. The second kappa shape index (κ2) is 8.55. The van der Waals surface area contributed by atoms with E-state index in [2.05, 4.69) is 15.6 Å². The van der Waals surface area contributed by atoms with Crippen molar-refractivity contribution < 1.29 is 9.59 Å². The van der Waals surface area contributed by atoms with Crippen LogP contribution in [0.2, 0.25) is 0 Å². The van der Waals surface area contributed by atoms with Gasteiger partial charge in [0.15, 0.2) is 5.17 Å². The summed E-state index contributed by atoms with van der Waals surface area (Å²) in [5.74, 6) is -0.524. The Labute approximate surface area is 161 Å². The number of hydrogen-bond donors (Lipinski definition) is 3. The molecule has 0 bridgehead atoms. The molecule has 7 heteroatoms. The molecule has 0 radical (unpaired) electrons. The van der Waals surface area contributed by atoms with Gasteiger partial charge in [0.2, 0.25) is 5.91 Å². The van der Waals surface area contributed by atoms with Crippen molar-refractivity contribution in [1.29, 1.82) is 0 Å². The Kier molecular flexibility index (Phi) is 5.93. The molecule has 2 aromatic carbocycles. The number of para-hydroxylation sites is 1. The molecule has 6 nitrogen and oxygen atoms in total. The van der Waals surface area contributed by atoms with Crippen LogP contribution in [0.25, 0.3) is 0 Å². The molecule has 0 saturated carbocycles. The number of carbonyl (C=O) groups excluding carboxylic acids is 2. The Balaban J connectivity index is 1.91. The van der Waals surface area contributed by atoms with Crippen LogP contribution in [0.15, 0.2) is 76.9 Å². The summed E-state index contributed by atoms with van der Waals surface area (Å²) in [4.78, 5) is 28.7. The zero-order chi connectivity index (χ0) is 19.2. The summed E-state index contributed by atoms with van der Waals surface area (Å²) in [6.45, 7) is 1.83. The number of rotatable bonds is 5. The molecule has 0 saturated heterocycles. The van der Waals surface area contributed by atoms with Crippen LogP contribution in [0.1, 0.15) is 18.5 Å². The van der Waals surface area contributed by atoms with Gasteiger partial charge in [-0.1, -0.05) is 60.3 Å². The molecule has 138 valence electrons. The normalized spacial score (nSPS) is 16.3. The number of nitrogens with one attached hydrogen (secondary N) is 2. The number of benzene rings is 2. The van der Waals surface area contributed by atoms with E-state index in [1.54, 1.807) is 0 Å². The summed E-state index contributed by atoms with van der Waals surface area (Å²) in [5, 5.41) is 6.60. The molecule has 1 heterocycles. The van der Waals surface area contributed by atoms with Gasteiger partial charge in [0.1, 0.15) is 6.04 Å². The number of allylic oxidation sites excluding steroid dienone is 1. The highest BCUT2D eigenvalue weighted by atomic mass is 32.2. The van der Waals surface area contributed by atoms with Crippen molar-refractivity contribution in [2.75, 3.05) is 11.1 Å². The third-order valence-corrected chi connectivity index (χ3v) is 4.87. The van der Waals surface area contributed by atoms with Gasteiger partial charge < -0.3 is 16.4 Å². The van der Waals surface area contributed by atoms with Crippen molar-refractivity contribution in [2.45, 2.75) is 13.0 Å². The first kappa shape index (κ1) is 18.7. The first-order chi connectivity index (χ1) is 13.0. The highest BCUT2D eigenvalue weighted by Crippen LogP contribution is 2.32. The summed E-state index contributed by atoms with van der Waals surface area (Å²) in [5.41, 5.74) is 8.07. The van der Waals surface area contributed by atoms with E-state index in [1.807, 2.05) is 67.6 Å². The van der Waals surface area contributed by atoms with Crippen molar-refractivity contribution in [3.8, 4) is 0 Å². The number of anilines is 1. The third kappa shape index (κ3) is 4.77. The molecule has 27 heavy (non-hydrogen) atoms. The highest BCUT2D eigenvalue weighted by Gasteiger charge is 2.29. The molecular weight excluding hydrogens is 360 g/mol. The van der Waals surface area contributed by atoms with E-state index in [1.165, 1.54) is 11.8 Å². The molecule has 2 aromatic rings. The van der Waals surface area contributed by atoms with Gasteiger partial charge in [0, 0.05) is 11.4 Å². The third-order valence-electron chi connectivity index (χ3n) is 3.96. The lowest BCUT2D eigenvalue weighted by molar-refractivity contribution is -0.115. The molecule has 0 aliphatic carbocycles. The number of amides is 2. The van der Waals surface area contributed by atoms with Gasteiger partial charge in [-0.25, -0.2) is 4.99 Å². The number of nitrogens with two attached hydrogens (primary N) is 1. The molecule has 4 N–H and O–H groups in total. The average Bonchev–Trinajstić information content (AvgIpc) is 2.67. The van der Waals surface area contributed by atoms with E-state index in [9.17, 15) is 9.59 Å². The number of carbonyl (C=O) groups is 2. The number of hydrogen-bond acceptors (Lipinski definition) is 5. The smallest absolute Gasteiger partial charge is 0.255 e. The molecule has 1 atom stereocenters. The summed E-state index contributed by atoms with van der Waals surface area (Å²) in [6, 6.07) is 18.4. The van der Waals surface area contributed by atoms with E-state index in [0.29, 0.717) is 22.1 Å². The minimum absolute atomic E-state index is 0.117. The van der Waals surface area contributed by atoms with Crippen molar-refractivity contribution in [3.63, 3.8) is 0 Å².